The van der Waals surface area contributed by atoms with Gasteiger partial charge < -0.3 is 14.6 Å². The van der Waals surface area contributed by atoms with Crippen LogP contribution < -0.4 is 0 Å². The smallest absolute Gasteiger partial charge is 0.148 e. The Morgan fingerprint density at radius 2 is 1.80 bits per heavy atom. The van der Waals surface area contributed by atoms with Gasteiger partial charge in [0.1, 0.15) is 17.4 Å². The lowest BCUT2D eigenvalue weighted by atomic mass is 10.2. The Labute approximate surface area is 146 Å². The van der Waals surface area contributed by atoms with Crippen molar-refractivity contribution in [1.82, 2.24) is 14.5 Å². The summed E-state index contributed by atoms with van der Waals surface area (Å²) in [4.78, 5) is 6.56. The van der Waals surface area contributed by atoms with Crippen LogP contribution in [-0.2, 0) is 13.1 Å². The molecule has 0 bridgehead atoms. The third-order valence-corrected chi connectivity index (χ3v) is 4.59. The van der Waals surface area contributed by atoms with Gasteiger partial charge in [0, 0.05) is 13.1 Å². The van der Waals surface area contributed by atoms with Crippen LogP contribution in [0.25, 0.3) is 16.6 Å². The predicted octanol–water partition coefficient (Wildman–Crippen LogP) is 3.82. The number of aryl methyl sites for hydroxylation is 1. The fraction of sp³-hybridized carbons (Fsp3) is 0.200. The van der Waals surface area contributed by atoms with Gasteiger partial charge in [0.15, 0.2) is 0 Å². The van der Waals surface area contributed by atoms with Crippen LogP contribution in [0.2, 0.25) is 0 Å². The summed E-state index contributed by atoms with van der Waals surface area (Å²) in [6.07, 6.45) is 0. The van der Waals surface area contributed by atoms with Gasteiger partial charge in [0.25, 0.3) is 0 Å². The molecule has 1 aromatic heterocycles. The number of hydrogen-bond acceptors (Lipinski definition) is 3. The van der Waals surface area contributed by atoms with Crippen LogP contribution in [0.3, 0.4) is 0 Å². The lowest BCUT2D eigenvalue weighted by Gasteiger charge is -2.18. The molecule has 3 aromatic rings. The molecule has 4 rings (SSSR count). The highest BCUT2D eigenvalue weighted by atomic mass is 16.3. The number of amidine groups is 1. The van der Waals surface area contributed by atoms with Crippen molar-refractivity contribution < 1.29 is 5.11 Å². The minimum Gasteiger partial charge on any atom is -0.510 e. The fourth-order valence-electron chi connectivity index (χ4n) is 3.39. The Morgan fingerprint density at radius 1 is 1.08 bits per heavy atom. The summed E-state index contributed by atoms with van der Waals surface area (Å²) in [5, 5.41) is 19.1. The van der Waals surface area contributed by atoms with Crippen molar-refractivity contribution >= 4 is 22.4 Å². The second-order valence-electron chi connectivity index (χ2n) is 6.18. The van der Waals surface area contributed by atoms with Crippen LogP contribution in [0.1, 0.15) is 18.3 Å². The molecule has 2 N–H and O–H groups in total. The summed E-state index contributed by atoms with van der Waals surface area (Å²) < 4.78 is 2.06. The highest BCUT2D eigenvalue weighted by molar-refractivity contribution is 6.23. The van der Waals surface area contributed by atoms with Crippen molar-refractivity contribution in [3.05, 3.63) is 71.7 Å². The maximum atomic E-state index is 10.6. The van der Waals surface area contributed by atoms with Gasteiger partial charge in [-0.1, -0.05) is 42.5 Å². The highest BCUT2D eigenvalue weighted by Gasteiger charge is 2.31. The van der Waals surface area contributed by atoms with Crippen molar-refractivity contribution in [3.8, 4) is 0 Å². The minimum absolute atomic E-state index is 0.214. The standard InChI is InChI=1S/C20H20N4O/c1-2-24-16-11-7-6-10-15(16)22-20(24)18-17(25)13-23(19(18)21)12-14-8-4-3-5-9-14/h3-11,21,25H,2,12-13H2,1H3. The molecular weight excluding hydrogens is 312 g/mol. The van der Waals surface area contributed by atoms with Crippen LogP contribution in [0, 0.1) is 5.41 Å². The van der Waals surface area contributed by atoms with E-state index < -0.39 is 0 Å². The number of imidazole rings is 1. The van der Waals surface area contributed by atoms with Gasteiger partial charge in [-0.3, -0.25) is 5.41 Å². The molecule has 0 amide bonds. The zero-order valence-corrected chi connectivity index (χ0v) is 14.1. The van der Waals surface area contributed by atoms with E-state index in [1.807, 2.05) is 59.5 Å². The average Bonchev–Trinajstić information content (AvgIpc) is 3.12. The molecule has 1 aliphatic heterocycles. The molecule has 1 aliphatic rings. The normalized spacial score (nSPS) is 14.8. The van der Waals surface area contributed by atoms with Crippen LogP contribution in [-0.4, -0.2) is 31.9 Å². The van der Waals surface area contributed by atoms with Crippen molar-refractivity contribution in [2.24, 2.45) is 0 Å². The van der Waals surface area contributed by atoms with Crippen molar-refractivity contribution in [1.29, 1.82) is 5.41 Å². The van der Waals surface area contributed by atoms with Crippen molar-refractivity contribution in [3.63, 3.8) is 0 Å². The number of nitrogens with zero attached hydrogens (tertiary/aromatic N) is 3. The number of fused-ring (bicyclic) bond motifs is 1. The zero-order valence-electron chi connectivity index (χ0n) is 14.1. The van der Waals surface area contributed by atoms with E-state index in [0.29, 0.717) is 30.3 Å². The maximum absolute atomic E-state index is 10.6. The largest absolute Gasteiger partial charge is 0.510 e. The second-order valence-corrected chi connectivity index (χ2v) is 6.18. The first-order chi connectivity index (χ1) is 12.2. The summed E-state index contributed by atoms with van der Waals surface area (Å²) in [6.45, 7) is 3.73. The Kier molecular flexibility index (Phi) is 3.76. The SMILES string of the molecule is CCn1c(C2=C(O)CN(Cc3ccccc3)C2=N)nc2ccccc21. The summed E-state index contributed by atoms with van der Waals surface area (Å²) in [7, 11) is 0. The van der Waals surface area contributed by atoms with Crippen LogP contribution in [0.4, 0.5) is 0 Å². The van der Waals surface area contributed by atoms with Crippen LogP contribution in [0.15, 0.2) is 60.4 Å². The molecule has 0 saturated carbocycles. The third kappa shape index (κ3) is 2.58. The molecule has 0 saturated heterocycles. The Bertz CT molecular complexity index is 972. The molecule has 5 heteroatoms. The molecule has 5 nitrogen and oxygen atoms in total. The molecule has 0 unspecified atom stereocenters. The Hall–Kier alpha value is -3.08. The number of para-hydroxylation sites is 2. The number of aliphatic hydroxyl groups excluding tert-OH is 1. The van der Waals surface area contributed by atoms with E-state index in [4.69, 9.17) is 5.41 Å². The van der Waals surface area contributed by atoms with Gasteiger partial charge in [-0.25, -0.2) is 4.98 Å². The summed E-state index contributed by atoms with van der Waals surface area (Å²) >= 11 is 0. The van der Waals surface area contributed by atoms with Crippen LogP contribution in [0.5, 0.6) is 0 Å². The molecule has 2 aromatic carbocycles. The Balaban J connectivity index is 1.71. The molecular formula is C20H20N4O. The Morgan fingerprint density at radius 3 is 2.56 bits per heavy atom. The maximum Gasteiger partial charge on any atom is 0.148 e. The van der Waals surface area contributed by atoms with E-state index >= 15 is 0 Å². The molecule has 0 radical (unpaired) electrons. The average molecular weight is 332 g/mol. The monoisotopic (exact) mass is 332 g/mol. The minimum atomic E-state index is 0.214. The van der Waals surface area contributed by atoms with Gasteiger partial charge in [-0.05, 0) is 24.6 Å². The molecule has 0 atom stereocenters. The zero-order chi connectivity index (χ0) is 17.4. The highest BCUT2D eigenvalue weighted by Crippen LogP contribution is 2.30. The quantitative estimate of drug-likeness (QED) is 0.763. The van der Waals surface area contributed by atoms with Gasteiger partial charge in [0.05, 0.1) is 23.2 Å². The fourth-order valence-corrected chi connectivity index (χ4v) is 3.39. The van der Waals surface area contributed by atoms with E-state index in [1.165, 1.54) is 0 Å². The number of benzene rings is 2. The summed E-state index contributed by atoms with van der Waals surface area (Å²) in [5.74, 6) is 1.21. The van der Waals surface area contributed by atoms with Crippen molar-refractivity contribution in [2.45, 2.75) is 20.0 Å². The molecule has 126 valence electrons. The number of rotatable bonds is 4. The van der Waals surface area contributed by atoms with E-state index in [1.54, 1.807) is 0 Å². The molecule has 0 aliphatic carbocycles. The van der Waals surface area contributed by atoms with E-state index in [-0.39, 0.29) is 5.76 Å². The molecule has 0 fully saturated rings. The van der Waals surface area contributed by atoms with Gasteiger partial charge >= 0.3 is 0 Å². The van der Waals surface area contributed by atoms with Crippen LogP contribution >= 0.6 is 0 Å². The lowest BCUT2D eigenvalue weighted by Crippen LogP contribution is -2.26. The number of nitrogens with one attached hydrogen (secondary N) is 1. The van der Waals surface area contributed by atoms with E-state index in [2.05, 4.69) is 16.5 Å². The summed E-state index contributed by atoms with van der Waals surface area (Å²) in [6, 6.07) is 17.9. The number of aliphatic hydroxyl groups is 1. The van der Waals surface area contributed by atoms with Gasteiger partial charge in [0.2, 0.25) is 0 Å². The predicted molar refractivity (Wildman–Crippen MR) is 99.5 cm³/mol. The van der Waals surface area contributed by atoms with E-state index in [9.17, 15) is 5.11 Å². The van der Waals surface area contributed by atoms with Gasteiger partial charge in [-0.15, -0.1) is 0 Å². The topological polar surface area (TPSA) is 65.1 Å². The second kappa shape index (κ2) is 6.09. The third-order valence-electron chi connectivity index (χ3n) is 4.59. The first-order valence-electron chi connectivity index (χ1n) is 8.44. The van der Waals surface area contributed by atoms with E-state index in [0.717, 1.165) is 23.1 Å². The molecule has 25 heavy (non-hydrogen) atoms. The first kappa shape index (κ1) is 15.4. The summed E-state index contributed by atoms with van der Waals surface area (Å²) in [5.41, 5.74) is 3.56. The van der Waals surface area contributed by atoms with Gasteiger partial charge in [-0.2, -0.15) is 0 Å². The molecule has 0 spiro atoms. The van der Waals surface area contributed by atoms with Crippen molar-refractivity contribution in [2.75, 3.05) is 6.54 Å². The molecule has 2 heterocycles. The number of aromatic nitrogens is 2. The lowest BCUT2D eigenvalue weighted by molar-refractivity contribution is 0.347. The number of hydrogen-bond donors (Lipinski definition) is 2. The first-order valence-corrected chi connectivity index (χ1v) is 8.44.